The number of hydrogen-bond acceptors (Lipinski definition) is 5. The summed E-state index contributed by atoms with van der Waals surface area (Å²) in [6.07, 6.45) is 3.21. The predicted molar refractivity (Wildman–Crippen MR) is 114 cm³/mol. The average Bonchev–Trinajstić information content (AvgIpc) is 3.18. The smallest absolute Gasteiger partial charge is 0.337 e. The van der Waals surface area contributed by atoms with Crippen molar-refractivity contribution < 1.29 is 9.53 Å². The van der Waals surface area contributed by atoms with Crippen LogP contribution in [0.3, 0.4) is 0 Å². The summed E-state index contributed by atoms with van der Waals surface area (Å²) in [4.78, 5) is 20.4. The van der Waals surface area contributed by atoms with Crippen LogP contribution in [-0.2, 0) is 24.1 Å². The molecule has 0 N–H and O–H groups in total. The maximum absolute atomic E-state index is 11.6. The van der Waals surface area contributed by atoms with Gasteiger partial charge in [0.25, 0.3) is 0 Å². The topological polar surface area (TPSA) is 42.4 Å². The van der Waals surface area contributed by atoms with E-state index >= 15 is 0 Å². The Labute approximate surface area is 169 Å². The zero-order chi connectivity index (χ0) is 19.5. The Morgan fingerprint density at radius 1 is 1.14 bits per heavy atom. The number of rotatable bonds is 6. The van der Waals surface area contributed by atoms with Crippen LogP contribution in [0, 0.1) is 0 Å². The molecule has 1 aliphatic rings. The van der Waals surface area contributed by atoms with E-state index in [0.29, 0.717) is 5.56 Å². The molecule has 1 heterocycles. The van der Waals surface area contributed by atoms with Gasteiger partial charge in [0.2, 0.25) is 0 Å². The van der Waals surface area contributed by atoms with E-state index in [4.69, 9.17) is 9.72 Å². The number of anilines is 1. The number of carbonyl (C=O) groups excluding carboxylic acids is 1. The lowest BCUT2D eigenvalue weighted by Gasteiger charge is -2.21. The summed E-state index contributed by atoms with van der Waals surface area (Å²) in [7, 11) is 1.40. The van der Waals surface area contributed by atoms with E-state index in [1.807, 2.05) is 35.6 Å². The summed E-state index contributed by atoms with van der Waals surface area (Å²) in [5.74, 6) is -0.303. The third-order valence-electron chi connectivity index (χ3n) is 5.09. The van der Waals surface area contributed by atoms with Crippen molar-refractivity contribution in [2.24, 2.45) is 0 Å². The van der Waals surface area contributed by atoms with Gasteiger partial charge in [-0.1, -0.05) is 43.3 Å². The van der Waals surface area contributed by atoms with Gasteiger partial charge in [-0.3, -0.25) is 0 Å². The number of aromatic nitrogens is 1. The van der Waals surface area contributed by atoms with Gasteiger partial charge in [-0.05, 0) is 42.5 Å². The van der Waals surface area contributed by atoms with Crippen molar-refractivity contribution in [3.05, 3.63) is 70.1 Å². The first-order valence-corrected chi connectivity index (χ1v) is 10.5. The Bertz CT molecular complexity index is 979. The molecule has 0 fully saturated rings. The Morgan fingerprint density at radius 2 is 1.93 bits per heavy atom. The predicted octanol–water partition coefficient (Wildman–Crippen LogP) is 5.11. The normalized spacial score (nSPS) is 12.2. The van der Waals surface area contributed by atoms with Crippen LogP contribution in [-0.4, -0.2) is 24.6 Å². The molecule has 4 nitrogen and oxygen atoms in total. The molecule has 0 saturated heterocycles. The van der Waals surface area contributed by atoms with Gasteiger partial charge in [0, 0.05) is 23.5 Å². The second-order valence-corrected chi connectivity index (χ2v) is 8.10. The van der Waals surface area contributed by atoms with Crippen molar-refractivity contribution >= 4 is 22.4 Å². The number of methoxy groups -OCH3 is 1. The van der Waals surface area contributed by atoms with E-state index in [-0.39, 0.29) is 5.97 Å². The maximum Gasteiger partial charge on any atom is 0.337 e. The van der Waals surface area contributed by atoms with E-state index in [0.717, 1.165) is 48.7 Å². The fraction of sp³-hybridized carbons (Fsp3) is 0.304. The fourth-order valence-corrected chi connectivity index (χ4v) is 4.77. The van der Waals surface area contributed by atoms with Crippen molar-refractivity contribution in [3.63, 3.8) is 0 Å². The molecule has 28 heavy (non-hydrogen) atoms. The van der Waals surface area contributed by atoms with Gasteiger partial charge in [0.15, 0.2) is 5.13 Å². The van der Waals surface area contributed by atoms with Gasteiger partial charge < -0.3 is 9.64 Å². The SMILES string of the molecule is CCCN(Cc1ccc(C(=O)OC)cc1)c1nc2c(s1)CCc1ccccc1-2. The van der Waals surface area contributed by atoms with Gasteiger partial charge in [0.1, 0.15) is 0 Å². The second-order valence-electron chi connectivity index (χ2n) is 7.04. The third-order valence-corrected chi connectivity index (χ3v) is 6.27. The fourth-order valence-electron chi connectivity index (χ4n) is 3.67. The lowest BCUT2D eigenvalue weighted by molar-refractivity contribution is 0.0600. The molecule has 0 saturated carbocycles. The van der Waals surface area contributed by atoms with Gasteiger partial charge >= 0.3 is 5.97 Å². The van der Waals surface area contributed by atoms with Gasteiger partial charge in [-0.25, -0.2) is 9.78 Å². The van der Waals surface area contributed by atoms with E-state index in [9.17, 15) is 4.79 Å². The number of thiazole rings is 1. The van der Waals surface area contributed by atoms with Crippen LogP contribution in [0.25, 0.3) is 11.3 Å². The zero-order valence-electron chi connectivity index (χ0n) is 16.3. The Hall–Kier alpha value is -2.66. The molecule has 1 aliphatic carbocycles. The van der Waals surface area contributed by atoms with Crippen molar-refractivity contribution in [1.29, 1.82) is 0 Å². The molecule has 0 spiro atoms. The molecule has 0 aliphatic heterocycles. The Kier molecular flexibility index (Phi) is 5.44. The van der Waals surface area contributed by atoms with Crippen molar-refractivity contribution in [2.45, 2.75) is 32.7 Å². The van der Waals surface area contributed by atoms with E-state index in [2.05, 4.69) is 36.1 Å². The summed E-state index contributed by atoms with van der Waals surface area (Å²) in [5.41, 5.74) is 5.57. The maximum atomic E-state index is 11.6. The van der Waals surface area contributed by atoms with Crippen LogP contribution in [0.2, 0.25) is 0 Å². The molecule has 0 atom stereocenters. The quantitative estimate of drug-likeness (QED) is 0.547. The molecule has 5 heteroatoms. The van der Waals surface area contributed by atoms with Gasteiger partial charge in [0.05, 0.1) is 18.4 Å². The molecule has 0 radical (unpaired) electrons. The van der Waals surface area contributed by atoms with E-state index in [1.165, 1.54) is 23.1 Å². The molecule has 3 aromatic rings. The van der Waals surface area contributed by atoms with Crippen LogP contribution >= 0.6 is 11.3 Å². The first-order chi connectivity index (χ1) is 13.7. The number of nitrogens with zero attached hydrogens (tertiary/aromatic N) is 2. The molecule has 0 bridgehead atoms. The molecule has 144 valence electrons. The van der Waals surface area contributed by atoms with Crippen molar-refractivity contribution in [2.75, 3.05) is 18.6 Å². The number of benzene rings is 2. The molecule has 0 amide bonds. The highest BCUT2D eigenvalue weighted by atomic mass is 32.1. The first-order valence-electron chi connectivity index (χ1n) is 9.69. The summed E-state index contributed by atoms with van der Waals surface area (Å²) in [6.45, 7) is 3.92. The summed E-state index contributed by atoms with van der Waals surface area (Å²) >= 11 is 1.82. The minimum Gasteiger partial charge on any atom is -0.465 e. The molecule has 1 aromatic heterocycles. The van der Waals surface area contributed by atoms with Crippen molar-refractivity contribution in [3.8, 4) is 11.3 Å². The highest BCUT2D eigenvalue weighted by molar-refractivity contribution is 7.16. The largest absolute Gasteiger partial charge is 0.465 e. The van der Waals surface area contributed by atoms with Crippen LogP contribution in [0.4, 0.5) is 5.13 Å². The number of esters is 1. The van der Waals surface area contributed by atoms with Gasteiger partial charge in [-0.15, -0.1) is 11.3 Å². The monoisotopic (exact) mass is 392 g/mol. The molecular weight excluding hydrogens is 368 g/mol. The zero-order valence-corrected chi connectivity index (χ0v) is 17.1. The number of fused-ring (bicyclic) bond motifs is 3. The number of hydrogen-bond donors (Lipinski definition) is 0. The number of aryl methyl sites for hydroxylation is 2. The lowest BCUT2D eigenvalue weighted by Crippen LogP contribution is -2.23. The highest BCUT2D eigenvalue weighted by Gasteiger charge is 2.22. The standard InChI is InChI=1S/C23H24N2O2S/c1-3-14-25(15-16-8-10-18(11-9-16)22(26)27-2)23-24-21-19-7-5-4-6-17(19)12-13-20(21)28-23/h4-11H,3,12-15H2,1-2H3. The lowest BCUT2D eigenvalue weighted by atomic mass is 9.94. The van der Waals surface area contributed by atoms with Crippen LogP contribution < -0.4 is 4.90 Å². The van der Waals surface area contributed by atoms with E-state index in [1.54, 1.807) is 0 Å². The van der Waals surface area contributed by atoms with Crippen LogP contribution in [0.5, 0.6) is 0 Å². The minimum atomic E-state index is -0.303. The number of carbonyl (C=O) groups is 1. The van der Waals surface area contributed by atoms with Crippen LogP contribution in [0.15, 0.2) is 48.5 Å². The minimum absolute atomic E-state index is 0.303. The van der Waals surface area contributed by atoms with E-state index < -0.39 is 0 Å². The summed E-state index contributed by atoms with van der Waals surface area (Å²) in [6, 6.07) is 16.3. The highest BCUT2D eigenvalue weighted by Crippen LogP contribution is 2.39. The summed E-state index contributed by atoms with van der Waals surface area (Å²) < 4.78 is 4.78. The average molecular weight is 393 g/mol. The Balaban J connectivity index is 1.59. The first kappa shape index (κ1) is 18.7. The molecular formula is C23H24N2O2S. The van der Waals surface area contributed by atoms with Gasteiger partial charge in [-0.2, -0.15) is 0 Å². The molecule has 0 unspecified atom stereocenters. The molecule has 4 rings (SSSR count). The Morgan fingerprint density at radius 3 is 2.68 bits per heavy atom. The van der Waals surface area contributed by atoms with Crippen molar-refractivity contribution in [1.82, 2.24) is 4.98 Å². The number of ether oxygens (including phenoxy) is 1. The molecule has 2 aromatic carbocycles. The second kappa shape index (κ2) is 8.15. The third kappa shape index (κ3) is 3.67. The van der Waals surface area contributed by atoms with Crippen LogP contribution in [0.1, 0.15) is 39.7 Å². The summed E-state index contributed by atoms with van der Waals surface area (Å²) in [5, 5.41) is 1.08.